The van der Waals surface area contributed by atoms with Gasteiger partial charge in [-0.25, -0.2) is 4.79 Å². The van der Waals surface area contributed by atoms with Gasteiger partial charge in [-0.05, 0) is 37.4 Å². The van der Waals surface area contributed by atoms with Crippen molar-refractivity contribution in [2.75, 3.05) is 13.2 Å². The summed E-state index contributed by atoms with van der Waals surface area (Å²) in [5, 5.41) is 3.74. The Hall–Kier alpha value is -3.56. The number of azide groups is 1. The van der Waals surface area contributed by atoms with E-state index in [4.69, 9.17) is 19.7 Å². The standard InChI is InChI=1S/C27H37N5O6/c1-20-18-32(27(35)29-26(20)34)24-17-22(30-31-28)23(38-24)19-37-25(33)15-11-6-4-2-3-5-7-12-16-36-21-13-9-8-10-14-21/h8-10,13-14,18,22-24H,2-7,11-12,15-17,19H2,1H3,(H,29,34,35). The van der Waals surface area contributed by atoms with Crippen molar-refractivity contribution in [1.82, 2.24) is 9.55 Å². The molecule has 0 saturated carbocycles. The summed E-state index contributed by atoms with van der Waals surface area (Å²) < 4.78 is 18.2. The number of carbonyl (C=O) groups excluding carboxylic acids is 1. The zero-order valence-corrected chi connectivity index (χ0v) is 21.9. The predicted octanol–water partition coefficient (Wildman–Crippen LogP) is 4.94. The minimum absolute atomic E-state index is 0.0654. The van der Waals surface area contributed by atoms with Gasteiger partial charge in [0.1, 0.15) is 24.7 Å². The molecule has 1 aliphatic heterocycles. The van der Waals surface area contributed by atoms with E-state index >= 15 is 0 Å². The Balaban J connectivity index is 1.25. The summed E-state index contributed by atoms with van der Waals surface area (Å²) in [6.07, 6.45) is 9.05. The summed E-state index contributed by atoms with van der Waals surface area (Å²) in [5.41, 5.74) is 8.17. The highest BCUT2D eigenvalue weighted by Gasteiger charge is 2.37. The Labute approximate surface area is 221 Å². The second kappa shape index (κ2) is 15.6. The lowest BCUT2D eigenvalue weighted by Crippen LogP contribution is -2.33. The summed E-state index contributed by atoms with van der Waals surface area (Å²) in [7, 11) is 0. The van der Waals surface area contributed by atoms with E-state index in [1.54, 1.807) is 6.92 Å². The molecule has 3 unspecified atom stereocenters. The number of benzene rings is 1. The lowest BCUT2D eigenvalue weighted by molar-refractivity contribution is -0.148. The molecule has 0 aliphatic carbocycles. The van der Waals surface area contributed by atoms with Crippen LogP contribution in [0.1, 0.15) is 76.0 Å². The Morgan fingerprint density at radius 2 is 1.79 bits per heavy atom. The van der Waals surface area contributed by atoms with Crippen molar-refractivity contribution in [3.05, 3.63) is 73.4 Å². The first-order valence-electron chi connectivity index (χ1n) is 13.3. The number of esters is 1. The summed E-state index contributed by atoms with van der Waals surface area (Å²) in [6, 6.07) is 9.25. The number of nitrogens with zero attached hydrogens (tertiary/aromatic N) is 4. The molecule has 2 heterocycles. The molecule has 1 aromatic carbocycles. The monoisotopic (exact) mass is 527 g/mol. The Bertz CT molecular complexity index is 1170. The zero-order valence-electron chi connectivity index (χ0n) is 21.9. The molecule has 1 aliphatic rings. The van der Waals surface area contributed by atoms with Gasteiger partial charge in [0.2, 0.25) is 0 Å². The molecule has 3 atom stereocenters. The minimum Gasteiger partial charge on any atom is -0.494 e. The van der Waals surface area contributed by atoms with Crippen LogP contribution in [0.3, 0.4) is 0 Å². The van der Waals surface area contributed by atoms with Crippen LogP contribution >= 0.6 is 0 Å². The molecule has 0 bridgehead atoms. The first-order chi connectivity index (χ1) is 18.5. The van der Waals surface area contributed by atoms with E-state index in [1.807, 2.05) is 30.3 Å². The van der Waals surface area contributed by atoms with Crippen molar-refractivity contribution in [2.45, 2.75) is 89.5 Å². The van der Waals surface area contributed by atoms with E-state index in [-0.39, 0.29) is 19.0 Å². The van der Waals surface area contributed by atoms with Gasteiger partial charge in [0.15, 0.2) is 0 Å². The molecule has 3 rings (SSSR count). The number of unbranched alkanes of at least 4 members (excludes halogenated alkanes) is 7. The molecule has 1 fully saturated rings. The number of rotatable bonds is 16. The van der Waals surface area contributed by atoms with Crippen LogP contribution in [0.25, 0.3) is 10.4 Å². The molecular formula is C27H37N5O6. The van der Waals surface area contributed by atoms with Crippen molar-refractivity contribution < 1.29 is 19.0 Å². The van der Waals surface area contributed by atoms with Gasteiger partial charge < -0.3 is 14.2 Å². The number of aromatic amines is 1. The third kappa shape index (κ3) is 9.39. The number of H-pyrrole nitrogens is 1. The lowest BCUT2D eigenvalue weighted by atomic mass is 10.1. The van der Waals surface area contributed by atoms with E-state index in [1.165, 1.54) is 23.6 Å². The average molecular weight is 528 g/mol. The van der Waals surface area contributed by atoms with Gasteiger partial charge in [0.25, 0.3) is 5.56 Å². The number of hydrogen-bond acceptors (Lipinski definition) is 7. The predicted molar refractivity (Wildman–Crippen MR) is 142 cm³/mol. The largest absolute Gasteiger partial charge is 0.494 e. The van der Waals surface area contributed by atoms with Crippen LogP contribution in [0.4, 0.5) is 0 Å². The third-order valence-electron chi connectivity index (χ3n) is 6.56. The normalized spacial score (nSPS) is 18.6. The highest BCUT2D eigenvalue weighted by molar-refractivity contribution is 5.69. The van der Waals surface area contributed by atoms with E-state index in [9.17, 15) is 14.4 Å². The second-order valence-corrected chi connectivity index (χ2v) is 9.54. The summed E-state index contributed by atoms with van der Waals surface area (Å²) in [4.78, 5) is 41.1. The third-order valence-corrected chi connectivity index (χ3v) is 6.56. The molecule has 1 saturated heterocycles. The van der Waals surface area contributed by atoms with Crippen molar-refractivity contribution in [2.24, 2.45) is 5.11 Å². The van der Waals surface area contributed by atoms with Gasteiger partial charge in [0.05, 0.1) is 12.6 Å². The molecule has 0 radical (unpaired) electrons. The van der Waals surface area contributed by atoms with E-state index in [0.717, 1.165) is 50.9 Å². The number of aromatic nitrogens is 2. The van der Waals surface area contributed by atoms with Crippen molar-refractivity contribution in [1.29, 1.82) is 0 Å². The van der Waals surface area contributed by atoms with Crippen LogP contribution in [0.15, 0.2) is 51.2 Å². The first-order valence-corrected chi connectivity index (χ1v) is 13.3. The Morgan fingerprint density at radius 1 is 1.11 bits per heavy atom. The molecule has 1 N–H and O–H groups in total. The van der Waals surface area contributed by atoms with Crippen LogP contribution in [-0.4, -0.2) is 40.9 Å². The molecule has 11 heteroatoms. The van der Waals surface area contributed by atoms with Gasteiger partial charge in [-0.2, -0.15) is 0 Å². The number of para-hydroxylation sites is 1. The maximum atomic E-state index is 12.2. The van der Waals surface area contributed by atoms with Gasteiger partial charge in [-0.1, -0.05) is 61.8 Å². The molecule has 38 heavy (non-hydrogen) atoms. The molecule has 1 aromatic heterocycles. The molecule has 2 aromatic rings. The van der Waals surface area contributed by atoms with Crippen molar-refractivity contribution in [3.8, 4) is 5.75 Å². The number of nitrogens with one attached hydrogen (secondary N) is 1. The smallest absolute Gasteiger partial charge is 0.330 e. The van der Waals surface area contributed by atoms with Gasteiger partial charge >= 0.3 is 11.7 Å². The SMILES string of the molecule is Cc1cn(C2CC(N=[N+]=[N-])C(COC(=O)CCCCCCCCCCOc3ccccc3)O2)c(=O)[nH]c1=O. The number of aryl methyl sites for hydroxylation is 1. The maximum Gasteiger partial charge on any atom is 0.330 e. The van der Waals surface area contributed by atoms with Gasteiger partial charge in [-0.15, -0.1) is 0 Å². The maximum absolute atomic E-state index is 12.2. The highest BCUT2D eigenvalue weighted by atomic mass is 16.6. The topological polar surface area (TPSA) is 148 Å². The molecule has 0 spiro atoms. The average Bonchev–Trinajstić information content (AvgIpc) is 3.31. The van der Waals surface area contributed by atoms with Crippen LogP contribution in [0.2, 0.25) is 0 Å². The number of ether oxygens (including phenoxy) is 3. The minimum atomic E-state index is -0.728. The molecule has 0 amide bonds. The number of hydrogen-bond donors (Lipinski definition) is 1. The Kier molecular flexibility index (Phi) is 11.9. The fourth-order valence-corrected chi connectivity index (χ4v) is 4.41. The van der Waals surface area contributed by atoms with Crippen LogP contribution in [0.5, 0.6) is 5.75 Å². The number of carbonyl (C=O) groups is 1. The van der Waals surface area contributed by atoms with Crippen LogP contribution in [0, 0.1) is 6.92 Å². The first kappa shape index (κ1) is 29.0. The Morgan fingerprint density at radius 3 is 2.50 bits per heavy atom. The van der Waals surface area contributed by atoms with Gasteiger partial charge in [0, 0.05) is 29.5 Å². The van der Waals surface area contributed by atoms with Crippen molar-refractivity contribution in [3.63, 3.8) is 0 Å². The fraction of sp³-hybridized carbons (Fsp3) is 0.593. The van der Waals surface area contributed by atoms with E-state index in [0.29, 0.717) is 12.0 Å². The van der Waals surface area contributed by atoms with E-state index < -0.39 is 29.6 Å². The highest BCUT2D eigenvalue weighted by Crippen LogP contribution is 2.30. The van der Waals surface area contributed by atoms with E-state index in [2.05, 4.69) is 15.0 Å². The summed E-state index contributed by atoms with van der Waals surface area (Å²) in [6.45, 7) is 2.26. The molecular weight excluding hydrogens is 490 g/mol. The molecule has 11 nitrogen and oxygen atoms in total. The summed E-state index contributed by atoms with van der Waals surface area (Å²) >= 11 is 0. The van der Waals surface area contributed by atoms with Crippen LogP contribution < -0.4 is 16.0 Å². The van der Waals surface area contributed by atoms with Crippen LogP contribution in [-0.2, 0) is 14.3 Å². The van der Waals surface area contributed by atoms with Crippen molar-refractivity contribution >= 4 is 5.97 Å². The summed E-state index contributed by atoms with van der Waals surface area (Å²) in [5.74, 6) is 0.589. The van der Waals surface area contributed by atoms with Gasteiger partial charge in [-0.3, -0.25) is 19.1 Å². The zero-order chi connectivity index (χ0) is 27.2. The quantitative estimate of drug-likeness (QED) is 0.107. The lowest BCUT2D eigenvalue weighted by Gasteiger charge is -2.17. The second-order valence-electron chi connectivity index (χ2n) is 9.54. The molecule has 206 valence electrons. The fourth-order valence-electron chi connectivity index (χ4n) is 4.41.